The molecule has 5 heteroatoms. The molecule has 1 aromatic heterocycles. The summed E-state index contributed by atoms with van der Waals surface area (Å²) in [6.45, 7) is 1.63. The highest BCUT2D eigenvalue weighted by Crippen LogP contribution is 2.01. The van der Waals surface area contributed by atoms with Crippen molar-refractivity contribution in [2.24, 2.45) is 0 Å². The van der Waals surface area contributed by atoms with E-state index in [1.807, 2.05) is 6.07 Å². The minimum absolute atomic E-state index is 0.672. The van der Waals surface area contributed by atoms with Crippen LogP contribution in [0.4, 0.5) is 0 Å². The lowest BCUT2D eigenvalue weighted by molar-refractivity contribution is 0.630. The van der Waals surface area contributed by atoms with E-state index in [-0.39, 0.29) is 0 Å². The summed E-state index contributed by atoms with van der Waals surface area (Å²) >= 11 is 0. The molecule has 16 heavy (non-hydrogen) atoms. The number of aromatic nitrogens is 4. The van der Waals surface area contributed by atoms with Gasteiger partial charge in [-0.05, 0) is 24.9 Å². The van der Waals surface area contributed by atoms with Gasteiger partial charge in [0.15, 0.2) is 5.82 Å². The van der Waals surface area contributed by atoms with Crippen LogP contribution < -0.4 is 5.32 Å². The van der Waals surface area contributed by atoms with E-state index in [1.165, 1.54) is 5.56 Å². The molecule has 0 atom stereocenters. The molecule has 2 rings (SSSR count). The fraction of sp³-hybridized carbons (Fsp3) is 0.364. The summed E-state index contributed by atoms with van der Waals surface area (Å²) in [5, 5.41) is 16.9. The Hall–Kier alpha value is -1.75. The molecule has 0 saturated heterocycles. The predicted molar refractivity (Wildman–Crippen MR) is 60.6 cm³/mol. The van der Waals surface area contributed by atoms with Crippen LogP contribution >= 0.6 is 0 Å². The second-order valence-corrected chi connectivity index (χ2v) is 3.59. The number of nitrogens with one attached hydrogen (secondary N) is 2. The summed E-state index contributed by atoms with van der Waals surface area (Å²) in [6.07, 6.45) is 2.21. The van der Waals surface area contributed by atoms with E-state index in [4.69, 9.17) is 0 Å². The molecule has 0 aliphatic carbocycles. The maximum atomic E-state index is 3.86. The minimum Gasteiger partial charge on any atom is -0.310 e. The van der Waals surface area contributed by atoms with Crippen molar-refractivity contribution < 1.29 is 0 Å². The first-order chi connectivity index (χ1) is 7.95. The molecule has 1 heterocycles. The van der Waals surface area contributed by atoms with Crippen molar-refractivity contribution in [3.8, 4) is 0 Å². The van der Waals surface area contributed by atoms with Crippen molar-refractivity contribution in [2.45, 2.75) is 19.4 Å². The van der Waals surface area contributed by atoms with Crippen molar-refractivity contribution in [1.29, 1.82) is 0 Å². The number of benzene rings is 1. The van der Waals surface area contributed by atoms with Crippen molar-refractivity contribution in [1.82, 2.24) is 25.9 Å². The molecular formula is C11H15N5. The first-order valence-electron chi connectivity index (χ1n) is 5.42. The molecule has 0 bridgehead atoms. The van der Waals surface area contributed by atoms with Gasteiger partial charge >= 0.3 is 0 Å². The van der Waals surface area contributed by atoms with Crippen LogP contribution in [-0.2, 0) is 13.0 Å². The summed E-state index contributed by atoms with van der Waals surface area (Å²) in [4.78, 5) is 0. The summed E-state index contributed by atoms with van der Waals surface area (Å²) in [7, 11) is 0. The van der Waals surface area contributed by atoms with Crippen LogP contribution in [0.25, 0.3) is 0 Å². The first-order valence-corrected chi connectivity index (χ1v) is 5.42. The highest BCUT2D eigenvalue weighted by Gasteiger charge is 1.96. The van der Waals surface area contributed by atoms with Gasteiger partial charge in [0, 0.05) is 0 Å². The van der Waals surface area contributed by atoms with E-state index in [0.29, 0.717) is 12.4 Å². The zero-order valence-corrected chi connectivity index (χ0v) is 9.06. The van der Waals surface area contributed by atoms with E-state index in [1.54, 1.807) is 0 Å². The highest BCUT2D eigenvalue weighted by molar-refractivity contribution is 5.14. The zero-order valence-electron chi connectivity index (χ0n) is 9.06. The molecule has 1 aromatic carbocycles. The van der Waals surface area contributed by atoms with Gasteiger partial charge in [-0.1, -0.05) is 35.5 Å². The van der Waals surface area contributed by atoms with Crippen molar-refractivity contribution in [3.63, 3.8) is 0 Å². The van der Waals surface area contributed by atoms with E-state index >= 15 is 0 Å². The van der Waals surface area contributed by atoms with E-state index in [0.717, 1.165) is 19.4 Å². The average Bonchev–Trinajstić information content (AvgIpc) is 2.83. The number of nitrogens with zero attached hydrogens (tertiary/aromatic N) is 3. The molecule has 2 N–H and O–H groups in total. The van der Waals surface area contributed by atoms with Gasteiger partial charge in [0.2, 0.25) is 0 Å². The summed E-state index contributed by atoms with van der Waals surface area (Å²) in [5.74, 6) is 0.708. The third-order valence-electron chi connectivity index (χ3n) is 2.33. The molecule has 0 aliphatic rings. The molecule has 0 fully saturated rings. The third kappa shape index (κ3) is 3.43. The van der Waals surface area contributed by atoms with E-state index in [2.05, 4.69) is 50.2 Å². The molecule has 0 saturated carbocycles. The van der Waals surface area contributed by atoms with Crippen LogP contribution in [0.15, 0.2) is 30.3 Å². The molecule has 0 aliphatic heterocycles. The second-order valence-electron chi connectivity index (χ2n) is 3.59. The molecule has 0 radical (unpaired) electrons. The SMILES string of the molecule is c1ccc(CCCNCc2nn[nH]n2)cc1. The van der Waals surface area contributed by atoms with Gasteiger partial charge in [0.1, 0.15) is 0 Å². The Labute approximate surface area is 94.3 Å². The highest BCUT2D eigenvalue weighted by atomic mass is 15.5. The minimum atomic E-state index is 0.672. The molecule has 0 amide bonds. The lowest BCUT2D eigenvalue weighted by Crippen LogP contribution is -2.16. The Morgan fingerprint density at radius 2 is 2.06 bits per heavy atom. The quantitative estimate of drug-likeness (QED) is 0.706. The van der Waals surface area contributed by atoms with Crippen LogP contribution in [0.3, 0.4) is 0 Å². The largest absolute Gasteiger partial charge is 0.310 e. The monoisotopic (exact) mass is 217 g/mol. The van der Waals surface area contributed by atoms with Crippen LogP contribution in [0, 0.1) is 0 Å². The topological polar surface area (TPSA) is 66.5 Å². The van der Waals surface area contributed by atoms with Gasteiger partial charge in [-0.3, -0.25) is 0 Å². The Kier molecular flexibility index (Phi) is 4.01. The van der Waals surface area contributed by atoms with E-state index < -0.39 is 0 Å². The Balaban J connectivity index is 1.59. The molecule has 0 unspecified atom stereocenters. The fourth-order valence-electron chi connectivity index (χ4n) is 1.52. The molecule has 84 valence electrons. The van der Waals surface area contributed by atoms with Gasteiger partial charge in [0.25, 0.3) is 0 Å². The Bertz CT molecular complexity index is 384. The average molecular weight is 217 g/mol. The Morgan fingerprint density at radius 1 is 1.19 bits per heavy atom. The standard InChI is InChI=1S/C11H15N5/c1-2-5-10(6-3-1)7-4-8-12-9-11-13-15-16-14-11/h1-3,5-6,12H,4,7-9H2,(H,13,14,15,16). The Morgan fingerprint density at radius 3 is 2.81 bits per heavy atom. The predicted octanol–water partition coefficient (Wildman–Crippen LogP) is 0.922. The molecular weight excluding hydrogens is 202 g/mol. The van der Waals surface area contributed by atoms with Gasteiger partial charge in [-0.2, -0.15) is 5.21 Å². The first kappa shape index (κ1) is 10.8. The zero-order chi connectivity index (χ0) is 11.1. The normalized spacial score (nSPS) is 10.5. The summed E-state index contributed by atoms with van der Waals surface area (Å²) < 4.78 is 0. The number of rotatable bonds is 6. The molecule has 0 spiro atoms. The third-order valence-corrected chi connectivity index (χ3v) is 2.33. The lowest BCUT2D eigenvalue weighted by Gasteiger charge is -2.02. The van der Waals surface area contributed by atoms with Gasteiger partial charge in [0.05, 0.1) is 6.54 Å². The van der Waals surface area contributed by atoms with Crippen LogP contribution in [0.2, 0.25) is 0 Å². The van der Waals surface area contributed by atoms with E-state index in [9.17, 15) is 0 Å². The van der Waals surface area contributed by atoms with Crippen molar-refractivity contribution in [2.75, 3.05) is 6.54 Å². The summed E-state index contributed by atoms with van der Waals surface area (Å²) in [6, 6.07) is 10.5. The maximum absolute atomic E-state index is 3.86. The molecule has 2 aromatic rings. The number of aromatic amines is 1. The van der Waals surface area contributed by atoms with Gasteiger partial charge in [-0.25, -0.2) is 0 Å². The van der Waals surface area contributed by atoms with Crippen molar-refractivity contribution in [3.05, 3.63) is 41.7 Å². The fourth-order valence-corrected chi connectivity index (χ4v) is 1.52. The lowest BCUT2D eigenvalue weighted by atomic mass is 10.1. The molecule has 5 nitrogen and oxygen atoms in total. The number of aryl methyl sites for hydroxylation is 1. The van der Waals surface area contributed by atoms with Gasteiger partial charge < -0.3 is 5.32 Å². The van der Waals surface area contributed by atoms with Crippen LogP contribution in [0.5, 0.6) is 0 Å². The van der Waals surface area contributed by atoms with Crippen LogP contribution in [0.1, 0.15) is 17.8 Å². The second kappa shape index (κ2) is 5.97. The van der Waals surface area contributed by atoms with Crippen molar-refractivity contribution >= 4 is 0 Å². The van der Waals surface area contributed by atoms with Gasteiger partial charge in [-0.15, -0.1) is 10.2 Å². The number of tetrazole rings is 1. The van der Waals surface area contributed by atoms with Crippen LogP contribution in [-0.4, -0.2) is 27.2 Å². The number of H-pyrrole nitrogens is 1. The number of hydrogen-bond donors (Lipinski definition) is 2. The maximum Gasteiger partial charge on any atom is 0.188 e. The smallest absolute Gasteiger partial charge is 0.188 e. The number of hydrogen-bond acceptors (Lipinski definition) is 4. The summed E-state index contributed by atoms with van der Waals surface area (Å²) in [5.41, 5.74) is 1.38.